The number of nitrogens with one attached hydrogen (secondary N) is 2. The molecule has 0 bridgehead atoms. The number of nitrogens with zero attached hydrogens (tertiary/aromatic N) is 1. The van der Waals surface area contributed by atoms with E-state index in [9.17, 15) is 27.7 Å². The van der Waals surface area contributed by atoms with Crippen molar-refractivity contribution in [3.05, 3.63) is 64.0 Å². The lowest BCUT2D eigenvalue weighted by Gasteiger charge is -2.16. The maximum atomic E-state index is 13.1. The number of nitro groups is 1. The molecule has 0 aliphatic heterocycles. The predicted molar refractivity (Wildman–Crippen MR) is 105 cm³/mol. The first-order valence-corrected chi connectivity index (χ1v) is 10.8. The van der Waals surface area contributed by atoms with E-state index >= 15 is 0 Å². The monoisotopic (exact) mass is 421 g/mol. The Morgan fingerprint density at radius 1 is 1.17 bits per heavy atom. The van der Waals surface area contributed by atoms with Gasteiger partial charge in [-0.25, -0.2) is 12.8 Å². The van der Waals surface area contributed by atoms with Crippen LogP contribution < -0.4 is 10.6 Å². The zero-order valence-corrected chi connectivity index (χ0v) is 16.5. The highest BCUT2D eigenvalue weighted by Gasteiger charge is 2.51. The molecule has 29 heavy (non-hydrogen) atoms. The highest BCUT2D eigenvalue weighted by atomic mass is 32.2. The van der Waals surface area contributed by atoms with Crippen molar-refractivity contribution in [2.45, 2.75) is 23.2 Å². The Bertz CT molecular complexity index is 1050. The van der Waals surface area contributed by atoms with Crippen LogP contribution in [0.15, 0.2) is 47.4 Å². The second kappa shape index (κ2) is 7.78. The zero-order chi connectivity index (χ0) is 21.2. The summed E-state index contributed by atoms with van der Waals surface area (Å²) in [6.07, 6.45) is 2.33. The Hall–Kier alpha value is -3.01. The Labute approximate surface area is 167 Å². The van der Waals surface area contributed by atoms with Gasteiger partial charge in [-0.1, -0.05) is 12.1 Å². The third-order valence-corrected chi connectivity index (χ3v) is 6.01. The Balaban J connectivity index is 1.60. The van der Waals surface area contributed by atoms with Crippen LogP contribution in [0.25, 0.3) is 0 Å². The minimum atomic E-state index is -3.56. The van der Waals surface area contributed by atoms with Crippen LogP contribution in [0.1, 0.15) is 18.4 Å². The van der Waals surface area contributed by atoms with Gasteiger partial charge in [0.2, 0.25) is 5.91 Å². The second-order valence-corrected chi connectivity index (χ2v) is 9.00. The molecule has 1 fully saturated rings. The lowest BCUT2D eigenvalue weighted by atomic mass is 9.95. The van der Waals surface area contributed by atoms with E-state index in [-0.39, 0.29) is 41.1 Å². The molecule has 0 atom stereocenters. The molecule has 0 heterocycles. The van der Waals surface area contributed by atoms with Gasteiger partial charge in [0.25, 0.3) is 5.69 Å². The van der Waals surface area contributed by atoms with Crippen molar-refractivity contribution >= 4 is 27.1 Å². The molecule has 154 valence electrons. The van der Waals surface area contributed by atoms with Crippen molar-refractivity contribution in [1.29, 1.82) is 0 Å². The van der Waals surface area contributed by atoms with Gasteiger partial charge < -0.3 is 10.6 Å². The molecule has 0 saturated heterocycles. The number of benzene rings is 2. The van der Waals surface area contributed by atoms with Crippen LogP contribution in [0.5, 0.6) is 0 Å². The average molecular weight is 421 g/mol. The minimum Gasteiger partial charge on any atom is -0.378 e. The van der Waals surface area contributed by atoms with Gasteiger partial charge in [0.15, 0.2) is 9.84 Å². The Kier molecular flexibility index (Phi) is 5.56. The van der Waals surface area contributed by atoms with Crippen molar-refractivity contribution in [3.8, 4) is 0 Å². The number of carbonyl (C=O) groups excluding carboxylic acids is 1. The minimum absolute atomic E-state index is 0.141. The maximum Gasteiger partial charge on any atom is 0.293 e. The lowest BCUT2D eigenvalue weighted by molar-refractivity contribution is -0.384. The maximum absolute atomic E-state index is 13.1. The Morgan fingerprint density at radius 3 is 2.38 bits per heavy atom. The number of sulfone groups is 1. The van der Waals surface area contributed by atoms with Crippen LogP contribution in [0, 0.1) is 15.9 Å². The van der Waals surface area contributed by atoms with E-state index in [1.165, 1.54) is 24.3 Å². The number of amides is 1. The van der Waals surface area contributed by atoms with E-state index in [0.717, 1.165) is 17.9 Å². The molecular formula is C19H20FN3O5S. The lowest BCUT2D eigenvalue weighted by Crippen LogP contribution is -2.37. The van der Waals surface area contributed by atoms with Gasteiger partial charge in [-0.15, -0.1) is 0 Å². The summed E-state index contributed by atoms with van der Waals surface area (Å²) in [6.45, 7) is 0.428. The van der Waals surface area contributed by atoms with E-state index in [1.54, 1.807) is 12.1 Å². The summed E-state index contributed by atoms with van der Waals surface area (Å²) in [5, 5.41) is 16.9. The number of nitro benzene ring substituents is 1. The fourth-order valence-corrected chi connectivity index (χ4v) is 3.77. The highest BCUT2D eigenvalue weighted by molar-refractivity contribution is 7.90. The molecule has 3 rings (SSSR count). The molecule has 2 N–H and O–H groups in total. The summed E-state index contributed by atoms with van der Waals surface area (Å²) < 4.78 is 36.3. The molecule has 0 radical (unpaired) electrons. The molecule has 1 saturated carbocycles. The standard InChI is InChI=1S/C19H20FN3O5S/c1-29(27,28)15-6-7-16(17(12-15)23(25)26)21-10-11-22-18(24)19(8-9-19)13-2-4-14(20)5-3-13/h2-7,12,21H,8-11H2,1H3,(H,22,24). The first-order valence-electron chi connectivity index (χ1n) is 8.90. The molecule has 1 amide bonds. The topological polar surface area (TPSA) is 118 Å². The quantitative estimate of drug-likeness (QED) is 0.384. The number of halogens is 1. The van der Waals surface area contributed by atoms with E-state index in [1.807, 2.05) is 0 Å². The zero-order valence-electron chi connectivity index (χ0n) is 15.6. The number of hydrogen-bond donors (Lipinski definition) is 2. The van der Waals surface area contributed by atoms with Crippen LogP contribution in [0.2, 0.25) is 0 Å². The molecule has 8 nitrogen and oxygen atoms in total. The molecule has 2 aromatic rings. The van der Waals surface area contributed by atoms with Crippen molar-refractivity contribution in [2.24, 2.45) is 0 Å². The first kappa shape index (κ1) is 20.7. The van der Waals surface area contributed by atoms with Gasteiger partial charge in [-0.3, -0.25) is 14.9 Å². The molecule has 0 aromatic heterocycles. The van der Waals surface area contributed by atoms with Gasteiger partial charge in [-0.05, 0) is 42.7 Å². The smallest absolute Gasteiger partial charge is 0.293 e. The van der Waals surface area contributed by atoms with Crippen molar-refractivity contribution < 1.29 is 22.5 Å². The van der Waals surface area contributed by atoms with E-state index in [4.69, 9.17) is 0 Å². The number of rotatable bonds is 8. The molecule has 2 aromatic carbocycles. The summed E-state index contributed by atoms with van der Waals surface area (Å²) in [7, 11) is -3.56. The van der Waals surface area contributed by atoms with Gasteiger partial charge >= 0.3 is 0 Å². The summed E-state index contributed by atoms with van der Waals surface area (Å²) >= 11 is 0. The van der Waals surface area contributed by atoms with Crippen LogP contribution in [0.3, 0.4) is 0 Å². The van der Waals surface area contributed by atoms with Gasteiger partial charge in [-0.2, -0.15) is 0 Å². The molecule has 10 heteroatoms. The van der Waals surface area contributed by atoms with Gasteiger partial charge in [0, 0.05) is 25.4 Å². The van der Waals surface area contributed by atoms with Crippen LogP contribution >= 0.6 is 0 Å². The summed E-state index contributed by atoms with van der Waals surface area (Å²) in [5.41, 5.74) is -0.0755. The Morgan fingerprint density at radius 2 is 1.83 bits per heavy atom. The van der Waals surface area contributed by atoms with Crippen LogP contribution in [-0.2, 0) is 20.0 Å². The normalized spacial score (nSPS) is 14.8. The number of anilines is 1. The number of hydrogen-bond acceptors (Lipinski definition) is 6. The molecule has 0 unspecified atom stereocenters. The van der Waals surface area contributed by atoms with Crippen molar-refractivity contribution in [3.63, 3.8) is 0 Å². The second-order valence-electron chi connectivity index (χ2n) is 6.98. The van der Waals surface area contributed by atoms with Gasteiger partial charge in [0.05, 0.1) is 15.2 Å². The molecular weight excluding hydrogens is 401 g/mol. The first-order chi connectivity index (χ1) is 13.6. The summed E-state index contributed by atoms with van der Waals surface area (Å²) in [6, 6.07) is 9.48. The molecule has 0 spiro atoms. The van der Waals surface area contributed by atoms with Gasteiger partial charge in [0.1, 0.15) is 11.5 Å². The largest absolute Gasteiger partial charge is 0.378 e. The van der Waals surface area contributed by atoms with E-state index < -0.39 is 20.2 Å². The summed E-state index contributed by atoms with van der Waals surface area (Å²) in [5.74, 6) is -0.537. The van der Waals surface area contributed by atoms with Crippen LogP contribution in [0.4, 0.5) is 15.8 Å². The number of carbonyl (C=O) groups is 1. The fraction of sp³-hybridized carbons (Fsp3) is 0.316. The van der Waals surface area contributed by atoms with E-state index in [2.05, 4.69) is 10.6 Å². The average Bonchev–Trinajstić information content (AvgIpc) is 3.46. The van der Waals surface area contributed by atoms with E-state index in [0.29, 0.717) is 12.8 Å². The van der Waals surface area contributed by atoms with Crippen LogP contribution in [-0.4, -0.2) is 38.6 Å². The van der Waals surface area contributed by atoms with Crippen molar-refractivity contribution in [1.82, 2.24) is 5.32 Å². The summed E-state index contributed by atoms with van der Waals surface area (Å²) in [4.78, 5) is 23.0. The SMILES string of the molecule is CS(=O)(=O)c1ccc(NCCNC(=O)C2(c3ccc(F)cc3)CC2)c([N+](=O)[O-])c1. The third-order valence-electron chi connectivity index (χ3n) is 4.90. The molecule has 1 aliphatic rings. The molecule has 1 aliphatic carbocycles. The highest BCUT2D eigenvalue weighted by Crippen LogP contribution is 2.48. The predicted octanol–water partition coefficient (Wildman–Crippen LogP) is 2.40. The fourth-order valence-electron chi connectivity index (χ4n) is 3.13. The van der Waals surface area contributed by atoms with Crippen molar-refractivity contribution in [2.75, 3.05) is 24.7 Å². The third kappa shape index (κ3) is 4.53.